The maximum absolute atomic E-state index is 12.7. The molecule has 2 aromatic carbocycles. The molecular formula is C21H18F3N5O. The SMILES string of the molecule is Cc1ccc(-c2nc3nc(CNc4ccc(C(F)(F)F)cc4)cc(=O)n3[nH]2)cc1C. The van der Waals surface area contributed by atoms with Crippen molar-refractivity contribution in [3.05, 3.63) is 81.3 Å². The van der Waals surface area contributed by atoms with Gasteiger partial charge in [-0.2, -0.15) is 22.7 Å². The van der Waals surface area contributed by atoms with Crippen LogP contribution in [0.5, 0.6) is 0 Å². The second-order valence-electron chi connectivity index (χ2n) is 7.02. The van der Waals surface area contributed by atoms with Gasteiger partial charge in [-0.3, -0.25) is 9.89 Å². The Morgan fingerprint density at radius 2 is 1.73 bits per heavy atom. The number of halogens is 3. The summed E-state index contributed by atoms with van der Waals surface area (Å²) in [6.07, 6.45) is -4.38. The van der Waals surface area contributed by atoms with Crippen LogP contribution >= 0.6 is 0 Å². The predicted octanol–water partition coefficient (Wildman–Crippen LogP) is 4.33. The Labute approximate surface area is 169 Å². The van der Waals surface area contributed by atoms with Crippen LogP contribution in [0.3, 0.4) is 0 Å². The molecule has 2 N–H and O–H groups in total. The molecule has 4 aromatic rings. The molecule has 2 aromatic heterocycles. The predicted molar refractivity (Wildman–Crippen MR) is 107 cm³/mol. The van der Waals surface area contributed by atoms with E-state index in [-0.39, 0.29) is 17.9 Å². The number of H-pyrrole nitrogens is 1. The summed E-state index contributed by atoms with van der Waals surface area (Å²) in [5, 5.41) is 5.92. The van der Waals surface area contributed by atoms with Gasteiger partial charge in [0.2, 0.25) is 0 Å². The minimum atomic E-state index is -4.38. The first-order valence-electron chi connectivity index (χ1n) is 9.18. The molecule has 0 aliphatic rings. The van der Waals surface area contributed by atoms with Crippen molar-refractivity contribution < 1.29 is 13.2 Å². The molecule has 9 heteroatoms. The molecule has 0 atom stereocenters. The number of anilines is 1. The van der Waals surface area contributed by atoms with Gasteiger partial charge >= 0.3 is 6.18 Å². The minimum Gasteiger partial charge on any atom is -0.379 e. The zero-order valence-electron chi connectivity index (χ0n) is 16.2. The summed E-state index contributed by atoms with van der Waals surface area (Å²) < 4.78 is 39.2. The lowest BCUT2D eigenvalue weighted by molar-refractivity contribution is -0.137. The Balaban J connectivity index is 1.57. The van der Waals surface area contributed by atoms with Crippen LogP contribution in [-0.2, 0) is 12.7 Å². The topological polar surface area (TPSA) is 75.1 Å². The monoisotopic (exact) mass is 413 g/mol. The van der Waals surface area contributed by atoms with E-state index in [2.05, 4.69) is 20.4 Å². The van der Waals surface area contributed by atoms with Gasteiger partial charge in [-0.25, -0.2) is 4.98 Å². The number of nitrogens with zero attached hydrogens (tertiary/aromatic N) is 3. The van der Waals surface area contributed by atoms with Gasteiger partial charge in [-0.05, 0) is 55.3 Å². The van der Waals surface area contributed by atoms with E-state index in [1.54, 1.807) is 0 Å². The Kier molecular flexibility index (Phi) is 4.81. The highest BCUT2D eigenvalue weighted by Crippen LogP contribution is 2.29. The molecule has 6 nitrogen and oxygen atoms in total. The van der Waals surface area contributed by atoms with E-state index in [1.165, 1.54) is 22.7 Å². The molecule has 0 radical (unpaired) electrons. The fraction of sp³-hybridized carbons (Fsp3) is 0.190. The number of nitrogens with one attached hydrogen (secondary N) is 2. The van der Waals surface area contributed by atoms with Crippen molar-refractivity contribution in [1.82, 2.24) is 19.6 Å². The molecule has 0 bridgehead atoms. The van der Waals surface area contributed by atoms with Crippen molar-refractivity contribution in [2.45, 2.75) is 26.6 Å². The molecule has 0 saturated carbocycles. The van der Waals surface area contributed by atoms with Crippen molar-refractivity contribution >= 4 is 11.5 Å². The Hall–Kier alpha value is -3.62. The van der Waals surface area contributed by atoms with Crippen LogP contribution in [0.25, 0.3) is 17.2 Å². The lowest BCUT2D eigenvalue weighted by Gasteiger charge is -2.09. The maximum atomic E-state index is 12.7. The van der Waals surface area contributed by atoms with Crippen LogP contribution in [0.15, 0.2) is 53.3 Å². The highest BCUT2D eigenvalue weighted by Gasteiger charge is 2.29. The zero-order valence-corrected chi connectivity index (χ0v) is 16.2. The molecular weight excluding hydrogens is 395 g/mol. The average Bonchev–Trinajstić information content (AvgIpc) is 3.13. The minimum absolute atomic E-state index is 0.170. The summed E-state index contributed by atoms with van der Waals surface area (Å²) in [7, 11) is 0. The number of benzene rings is 2. The molecule has 30 heavy (non-hydrogen) atoms. The standard InChI is InChI=1S/C21H18F3N5O/c1-12-3-4-14(9-13(12)2)19-27-20-26-17(10-18(30)29(20)28-19)11-25-16-7-5-15(6-8-16)21(22,23)24/h3-10,25H,11H2,1-2H3,(H,26,27,28). The van der Waals surface area contributed by atoms with E-state index in [0.29, 0.717) is 17.2 Å². The Bertz CT molecular complexity index is 1270. The number of aromatic nitrogens is 4. The van der Waals surface area contributed by atoms with Crippen LogP contribution in [0.2, 0.25) is 0 Å². The second-order valence-corrected chi connectivity index (χ2v) is 7.02. The molecule has 0 unspecified atom stereocenters. The number of aryl methyl sites for hydroxylation is 2. The lowest BCUT2D eigenvalue weighted by Crippen LogP contribution is -2.17. The van der Waals surface area contributed by atoms with Gasteiger partial charge in [0.15, 0.2) is 5.82 Å². The van der Waals surface area contributed by atoms with Crippen LogP contribution in [0, 0.1) is 13.8 Å². The smallest absolute Gasteiger partial charge is 0.379 e. The summed E-state index contributed by atoms with van der Waals surface area (Å²) in [4.78, 5) is 21.2. The first kappa shape index (κ1) is 19.7. The molecule has 0 aliphatic heterocycles. The molecule has 0 aliphatic carbocycles. The third-order valence-electron chi connectivity index (χ3n) is 4.85. The van der Waals surface area contributed by atoms with Gasteiger partial charge in [0.05, 0.1) is 17.8 Å². The van der Waals surface area contributed by atoms with Crippen LogP contribution < -0.4 is 10.9 Å². The maximum Gasteiger partial charge on any atom is 0.416 e. The number of aromatic amines is 1. The van der Waals surface area contributed by atoms with E-state index in [0.717, 1.165) is 28.8 Å². The molecule has 2 heterocycles. The van der Waals surface area contributed by atoms with Gasteiger partial charge in [-0.15, -0.1) is 0 Å². The highest BCUT2D eigenvalue weighted by molar-refractivity contribution is 5.59. The lowest BCUT2D eigenvalue weighted by atomic mass is 10.1. The molecule has 4 rings (SSSR count). The van der Waals surface area contributed by atoms with Crippen molar-refractivity contribution in [2.24, 2.45) is 0 Å². The fourth-order valence-electron chi connectivity index (χ4n) is 3.01. The molecule has 0 saturated heterocycles. The molecule has 0 spiro atoms. The summed E-state index contributed by atoms with van der Waals surface area (Å²) in [6.45, 7) is 4.18. The summed E-state index contributed by atoms with van der Waals surface area (Å²) in [6, 6.07) is 11.9. The number of hydrogen-bond donors (Lipinski definition) is 2. The van der Waals surface area contributed by atoms with E-state index >= 15 is 0 Å². The van der Waals surface area contributed by atoms with E-state index < -0.39 is 11.7 Å². The summed E-state index contributed by atoms with van der Waals surface area (Å²) in [5.41, 5.74) is 2.97. The van der Waals surface area contributed by atoms with Crippen molar-refractivity contribution in [1.29, 1.82) is 0 Å². The number of fused-ring (bicyclic) bond motifs is 1. The van der Waals surface area contributed by atoms with Crippen molar-refractivity contribution in [2.75, 3.05) is 5.32 Å². The first-order valence-corrected chi connectivity index (χ1v) is 9.18. The molecule has 154 valence electrons. The summed E-state index contributed by atoms with van der Waals surface area (Å²) >= 11 is 0. The van der Waals surface area contributed by atoms with E-state index in [4.69, 9.17) is 0 Å². The first-order chi connectivity index (χ1) is 14.2. The third kappa shape index (κ3) is 3.91. The zero-order chi connectivity index (χ0) is 21.5. The van der Waals surface area contributed by atoms with Crippen molar-refractivity contribution in [3.8, 4) is 11.4 Å². The Morgan fingerprint density at radius 1 is 1.00 bits per heavy atom. The number of hydrogen-bond acceptors (Lipinski definition) is 4. The van der Waals surface area contributed by atoms with E-state index in [1.807, 2.05) is 32.0 Å². The van der Waals surface area contributed by atoms with Crippen LogP contribution in [-0.4, -0.2) is 19.6 Å². The average molecular weight is 413 g/mol. The largest absolute Gasteiger partial charge is 0.416 e. The van der Waals surface area contributed by atoms with E-state index in [9.17, 15) is 18.0 Å². The molecule has 0 amide bonds. The van der Waals surface area contributed by atoms with Gasteiger partial charge in [0.25, 0.3) is 11.3 Å². The Morgan fingerprint density at radius 3 is 2.40 bits per heavy atom. The van der Waals surface area contributed by atoms with Gasteiger partial charge in [-0.1, -0.05) is 12.1 Å². The van der Waals surface area contributed by atoms with Gasteiger partial charge < -0.3 is 5.32 Å². The van der Waals surface area contributed by atoms with Gasteiger partial charge in [0.1, 0.15) is 0 Å². The number of alkyl halides is 3. The number of rotatable bonds is 4. The fourth-order valence-corrected chi connectivity index (χ4v) is 3.01. The van der Waals surface area contributed by atoms with Crippen molar-refractivity contribution in [3.63, 3.8) is 0 Å². The van der Waals surface area contributed by atoms with Crippen LogP contribution in [0.4, 0.5) is 18.9 Å². The highest BCUT2D eigenvalue weighted by atomic mass is 19.4. The quantitative estimate of drug-likeness (QED) is 0.522. The summed E-state index contributed by atoms with van der Waals surface area (Å²) in [5.74, 6) is 0.746. The normalized spacial score (nSPS) is 11.8. The van der Waals surface area contributed by atoms with Crippen LogP contribution in [0.1, 0.15) is 22.4 Å². The second kappa shape index (κ2) is 7.33. The van der Waals surface area contributed by atoms with Gasteiger partial charge in [0, 0.05) is 17.3 Å². The third-order valence-corrected chi connectivity index (χ3v) is 4.85. The molecule has 0 fully saturated rings.